The molecule has 0 spiro atoms. The van der Waals surface area contributed by atoms with E-state index in [1.165, 1.54) is 0 Å². The first-order chi connectivity index (χ1) is 16.0. The van der Waals surface area contributed by atoms with Crippen molar-refractivity contribution in [1.29, 1.82) is 0 Å². The highest BCUT2D eigenvalue weighted by atomic mass is 16.4. The zero-order chi connectivity index (χ0) is 24.6. The molecule has 0 saturated heterocycles. The summed E-state index contributed by atoms with van der Waals surface area (Å²) in [4.78, 5) is 25.3. The van der Waals surface area contributed by atoms with Gasteiger partial charge in [-0.05, 0) is 65.5 Å². The van der Waals surface area contributed by atoms with Crippen molar-refractivity contribution in [3.63, 3.8) is 0 Å². The van der Waals surface area contributed by atoms with E-state index in [1.54, 1.807) is 6.26 Å². The normalized spacial score (nSPS) is 14.9. The Morgan fingerprint density at radius 3 is 2.59 bits per heavy atom. The molecule has 8 nitrogen and oxygen atoms in total. The second-order valence-corrected chi connectivity index (χ2v) is 9.95. The molecule has 0 aliphatic heterocycles. The van der Waals surface area contributed by atoms with E-state index in [0.717, 1.165) is 63.1 Å². The van der Waals surface area contributed by atoms with Gasteiger partial charge in [-0.1, -0.05) is 12.1 Å². The Labute approximate surface area is 199 Å². The Balaban J connectivity index is 1.50. The molecule has 8 heteroatoms. The summed E-state index contributed by atoms with van der Waals surface area (Å²) in [5, 5.41) is 5.36. The summed E-state index contributed by atoms with van der Waals surface area (Å²) in [6.07, 6.45) is 4.06. The smallest absolute Gasteiger partial charge is 0.301 e. The zero-order valence-electron chi connectivity index (χ0n) is 20.6. The number of aryl methyl sites for hydroxylation is 3. The van der Waals surface area contributed by atoms with Crippen molar-refractivity contribution < 1.29 is 18.4 Å². The summed E-state index contributed by atoms with van der Waals surface area (Å²) >= 11 is 0. The Hall–Kier alpha value is -3.39. The van der Waals surface area contributed by atoms with Gasteiger partial charge in [-0.2, -0.15) is 5.10 Å². The molecule has 0 atom stereocenters. The van der Waals surface area contributed by atoms with E-state index < -0.39 is 0 Å². The molecule has 0 radical (unpaired) electrons. The minimum absolute atomic E-state index is 0.162. The molecule has 1 aliphatic carbocycles. The molecular formula is C26H32N4O4. The summed E-state index contributed by atoms with van der Waals surface area (Å²) in [5.41, 5.74) is 14.2. The standard InChI is InChI=1S/C26H32N4O4/c1-14-10-11-18-17(13-33-23(18)15(14)2)12-21(31)28-27-19-8-7-9-20-22(19)16(3)24(34-20)25(32)29-30-26(4,5)6/h10-11,13,30H,7-9,12H2,1-6H3,(H,28,31)(H,29,32)/b27-19+. The lowest BCUT2D eigenvalue weighted by molar-refractivity contribution is -0.120. The van der Waals surface area contributed by atoms with E-state index in [9.17, 15) is 9.59 Å². The molecule has 0 fully saturated rings. The lowest BCUT2D eigenvalue weighted by Crippen LogP contribution is -2.48. The van der Waals surface area contributed by atoms with Crippen LogP contribution in [0.4, 0.5) is 0 Å². The fourth-order valence-electron chi connectivity index (χ4n) is 4.17. The Morgan fingerprint density at radius 2 is 1.85 bits per heavy atom. The number of nitrogens with zero attached hydrogens (tertiary/aromatic N) is 1. The molecule has 0 unspecified atom stereocenters. The van der Waals surface area contributed by atoms with Crippen molar-refractivity contribution in [3.05, 3.63) is 57.7 Å². The van der Waals surface area contributed by atoms with Gasteiger partial charge in [0.05, 0.1) is 18.4 Å². The molecule has 3 N–H and O–H groups in total. The average molecular weight is 465 g/mol. The van der Waals surface area contributed by atoms with Crippen molar-refractivity contribution in [2.75, 3.05) is 0 Å². The molecule has 2 aromatic heterocycles. The molecule has 2 heterocycles. The third kappa shape index (κ3) is 4.77. The quantitative estimate of drug-likeness (QED) is 0.486. The number of hydrogen-bond donors (Lipinski definition) is 3. The predicted octanol–water partition coefficient (Wildman–Crippen LogP) is 4.38. The largest absolute Gasteiger partial charge is 0.464 e. The fraction of sp³-hybridized carbons (Fsp3) is 0.423. The van der Waals surface area contributed by atoms with Crippen LogP contribution in [0.2, 0.25) is 0 Å². The number of fused-ring (bicyclic) bond motifs is 2. The SMILES string of the molecule is Cc1ccc2c(CC(=O)N/N=C3\CCCc4oc(C(=O)NNC(C)(C)C)c(C)c43)coc2c1C. The molecule has 180 valence electrons. The maximum atomic E-state index is 12.7. The number of hydrazine groups is 1. The summed E-state index contributed by atoms with van der Waals surface area (Å²) < 4.78 is 11.6. The molecule has 34 heavy (non-hydrogen) atoms. The van der Waals surface area contributed by atoms with Gasteiger partial charge < -0.3 is 8.83 Å². The van der Waals surface area contributed by atoms with E-state index in [2.05, 4.69) is 21.4 Å². The first kappa shape index (κ1) is 23.8. The van der Waals surface area contributed by atoms with Gasteiger partial charge in [0.2, 0.25) is 5.91 Å². The van der Waals surface area contributed by atoms with Crippen LogP contribution in [-0.2, 0) is 17.6 Å². The molecule has 1 aliphatic rings. The number of benzene rings is 1. The first-order valence-corrected chi connectivity index (χ1v) is 11.6. The Kier molecular flexibility index (Phi) is 6.36. The van der Waals surface area contributed by atoms with Crippen molar-refractivity contribution in [3.8, 4) is 0 Å². The number of carbonyl (C=O) groups is 2. The molecule has 0 saturated carbocycles. The minimum atomic E-state index is -0.331. The van der Waals surface area contributed by atoms with Gasteiger partial charge in [-0.3, -0.25) is 15.0 Å². The van der Waals surface area contributed by atoms with Gasteiger partial charge in [0.1, 0.15) is 11.3 Å². The van der Waals surface area contributed by atoms with Crippen LogP contribution >= 0.6 is 0 Å². The van der Waals surface area contributed by atoms with Crippen LogP contribution < -0.4 is 16.3 Å². The summed E-state index contributed by atoms with van der Waals surface area (Å²) in [5.74, 6) is 0.430. The first-order valence-electron chi connectivity index (χ1n) is 11.6. The molecule has 0 bridgehead atoms. The second kappa shape index (κ2) is 9.10. The van der Waals surface area contributed by atoms with Crippen molar-refractivity contribution >= 4 is 28.5 Å². The Bertz CT molecular complexity index is 1290. The van der Waals surface area contributed by atoms with Gasteiger partial charge in [0.25, 0.3) is 0 Å². The van der Waals surface area contributed by atoms with Gasteiger partial charge in [-0.15, -0.1) is 0 Å². The van der Waals surface area contributed by atoms with Gasteiger partial charge in [0, 0.05) is 34.0 Å². The number of amides is 2. The van der Waals surface area contributed by atoms with Crippen molar-refractivity contribution in [2.45, 2.75) is 72.8 Å². The molecule has 1 aromatic carbocycles. The van der Waals surface area contributed by atoms with Crippen LogP contribution in [0.15, 0.2) is 32.3 Å². The lowest BCUT2D eigenvalue weighted by Gasteiger charge is -2.20. The summed E-state index contributed by atoms with van der Waals surface area (Å²) in [7, 11) is 0. The number of rotatable bonds is 5. The number of furan rings is 2. The monoisotopic (exact) mass is 464 g/mol. The predicted molar refractivity (Wildman–Crippen MR) is 131 cm³/mol. The minimum Gasteiger partial charge on any atom is -0.464 e. The topological polar surface area (TPSA) is 109 Å². The number of carbonyl (C=O) groups excluding carboxylic acids is 2. The van der Waals surface area contributed by atoms with Crippen LogP contribution in [0.25, 0.3) is 11.0 Å². The van der Waals surface area contributed by atoms with Crippen LogP contribution in [-0.4, -0.2) is 23.1 Å². The van der Waals surface area contributed by atoms with Crippen LogP contribution in [0.1, 0.15) is 77.7 Å². The van der Waals surface area contributed by atoms with E-state index >= 15 is 0 Å². The van der Waals surface area contributed by atoms with E-state index in [1.807, 2.05) is 53.7 Å². The van der Waals surface area contributed by atoms with Crippen molar-refractivity contribution in [1.82, 2.24) is 16.3 Å². The lowest BCUT2D eigenvalue weighted by atomic mass is 9.93. The molecule has 4 rings (SSSR count). The van der Waals surface area contributed by atoms with Crippen LogP contribution in [0.3, 0.4) is 0 Å². The van der Waals surface area contributed by atoms with Crippen LogP contribution in [0.5, 0.6) is 0 Å². The van der Waals surface area contributed by atoms with E-state index in [0.29, 0.717) is 6.42 Å². The maximum Gasteiger partial charge on any atom is 0.301 e. The summed E-state index contributed by atoms with van der Waals surface area (Å²) in [6, 6.07) is 4.02. The fourth-order valence-corrected chi connectivity index (χ4v) is 4.17. The highest BCUT2D eigenvalue weighted by Crippen LogP contribution is 2.30. The maximum absolute atomic E-state index is 12.7. The Morgan fingerprint density at radius 1 is 1.09 bits per heavy atom. The van der Waals surface area contributed by atoms with Crippen LogP contribution in [0, 0.1) is 20.8 Å². The van der Waals surface area contributed by atoms with E-state index in [-0.39, 0.29) is 29.5 Å². The molecule has 2 amide bonds. The highest BCUT2D eigenvalue weighted by molar-refractivity contribution is 6.06. The van der Waals surface area contributed by atoms with Gasteiger partial charge >= 0.3 is 5.91 Å². The van der Waals surface area contributed by atoms with E-state index in [4.69, 9.17) is 8.83 Å². The second-order valence-electron chi connectivity index (χ2n) is 9.95. The highest BCUT2D eigenvalue weighted by Gasteiger charge is 2.28. The molecular weight excluding hydrogens is 432 g/mol. The van der Waals surface area contributed by atoms with Gasteiger partial charge in [-0.25, -0.2) is 10.9 Å². The third-order valence-corrected chi connectivity index (χ3v) is 6.09. The number of nitrogens with one attached hydrogen (secondary N) is 3. The number of hydrogen-bond acceptors (Lipinski definition) is 6. The van der Waals surface area contributed by atoms with Gasteiger partial charge in [0.15, 0.2) is 5.76 Å². The van der Waals surface area contributed by atoms with Crippen molar-refractivity contribution in [2.24, 2.45) is 5.10 Å². The third-order valence-electron chi connectivity index (χ3n) is 6.09. The average Bonchev–Trinajstić information content (AvgIpc) is 3.34. The molecule has 3 aromatic rings. The number of hydrazone groups is 1. The zero-order valence-corrected chi connectivity index (χ0v) is 20.6. The summed E-state index contributed by atoms with van der Waals surface area (Å²) in [6.45, 7) is 11.8.